The van der Waals surface area contributed by atoms with Gasteiger partial charge < -0.3 is 21.1 Å². The van der Waals surface area contributed by atoms with E-state index < -0.39 is 20.0 Å². The number of carbonyl (C=O) groups is 1. The number of nitrogens with one attached hydrogen (secondary N) is 1. The lowest BCUT2D eigenvalue weighted by Crippen LogP contribution is -2.46. The molecule has 0 bridgehead atoms. The van der Waals surface area contributed by atoms with Gasteiger partial charge in [-0.05, 0) is 44.9 Å². The van der Waals surface area contributed by atoms with Gasteiger partial charge in [0.2, 0.25) is 5.91 Å². The summed E-state index contributed by atoms with van der Waals surface area (Å²) in [4.78, 5) is 22.4. The number of hydrogen-bond acceptors (Lipinski definition) is 6. The summed E-state index contributed by atoms with van der Waals surface area (Å²) in [6, 6.07) is -0.785. The van der Waals surface area contributed by atoms with Crippen LogP contribution in [0.4, 0.5) is 0 Å². The summed E-state index contributed by atoms with van der Waals surface area (Å²) in [7, 11) is -4.30. The van der Waals surface area contributed by atoms with Gasteiger partial charge in [0.25, 0.3) is 0 Å². The highest BCUT2D eigenvalue weighted by molar-refractivity contribution is 7.47. The van der Waals surface area contributed by atoms with Gasteiger partial charge in [0.1, 0.15) is 0 Å². The predicted octanol–water partition coefficient (Wildman–Crippen LogP) is 7.26. The molecule has 0 aromatic heterocycles. The van der Waals surface area contributed by atoms with E-state index >= 15 is 0 Å². The minimum atomic E-state index is -4.30. The first-order chi connectivity index (χ1) is 19.4. The Balaban J connectivity index is 4.41. The second-order valence-electron chi connectivity index (χ2n) is 10.3. The fourth-order valence-corrected chi connectivity index (χ4v) is 4.91. The molecular weight excluding hydrogens is 527 g/mol. The SMILES string of the molecule is CC/C=C\C/C=C\C/C=C\CCCCCC(=O)NC(COP(=O)(O)OCCN)C(O)CCCCCCCCCC. The average Bonchev–Trinajstić information content (AvgIpc) is 2.93. The molecule has 5 N–H and O–H groups in total. The lowest BCUT2D eigenvalue weighted by molar-refractivity contribution is -0.123. The minimum Gasteiger partial charge on any atom is -0.391 e. The van der Waals surface area contributed by atoms with E-state index in [0.29, 0.717) is 12.8 Å². The van der Waals surface area contributed by atoms with Crippen LogP contribution in [0.15, 0.2) is 36.5 Å². The standard InChI is InChI=1S/C31H59N2O6P/c1-3-5-7-9-11-13-14-15-16-17-19-21-23-25-31(35)33-29(28-39-40(36,37)38-27-26-32)30(34)24-22-20-18-12-10-8-6-4-2/h5,7,11,13,15-16,29-30,34H,3-4,6,8-10,12,14,17-28,32H2,1-2H3,(H,33,35)(H,36,37)/b7-5-,13-11-,16-15-. The molecule has 40 heavy (non-hydrogen) atoms. The molecule has 8 nitrogen and oxygen atoms in total. The fourth-order valence-electron chi connectivity index (χ4n) is 4.15. The monoisotopic (exact) mass is 586 g/mol. The van der Waals surface area contributed by atoms with Crippen LogP contribution in [0.5, 0.6) is 0 Å². The molecule has 0 saturated carbocycles. The van der Waals surface area contributed by atoms with Crippen molar-refractivity contribution >= 4 is 13.7 Å². The topological polar surface area (TPSA) is 131 Å². The van der Waals surface area contributed by atoms with Gasteiger partial charge in [0.05, 0.1) is 25.4 Å². The highest BCUT2D eigenvalue weighted by atomic mass is 31.2. The Bertz CT molecular complexity index is 729. The van der Waals surface area contributed by atoms with Crippen molar-refractivity contribution in [2.75, 3.05) is 19.8 Å². The van der Waals surface area contributed by atoms with Gasteiger partial charge in [-0.25, -0.2) is 4.57 Å². The third-order valence-electron chi connectivity index (χ3n) is 6.51. The molecule has 0 aliphatic heterocycles. The molecule has 0 rings (SSSR count). The van der Waals surface area contributed by atoms with Crippen LogP contribution in [0.1, 0.15) is 123 Å². The number of rotatable bonds is 28. The van der Waals surface area contributed by atoms with E-state index in [4.69, 9.17) is 14.8 Å². The van der Waals surface area contributed by atoms with Crippen LogP contribution in [0.3, 0.4) is 0 Å². The van der Waals surface area contributed by atoms with Crippen molar-refractivity contribution in [3.05, 3.63) is 36.5 Å². The van der Waals surface area contributed by atoms with E-state index in [1.165, 1.54) is 32.1 Å². The molecule has 0 aromatic carbocycles. The lowest BCUT2D eigenvalue weighted by atomic mass is 10.0. The molecule has 9 heteroatoms. The first kappa shape index (κ1) is 38.7. The molecule has 0 aliphatic carbocycles. The summed E-state index contributed by atoms with van der Waals surface area (Å²) in [6.45, 7) is 3.99. The summed E-state index contributed by atoms with van der Waals surface area (Å²) in [5.74, 6) is -0.197. The number of hydrogen-bond donors (Lipinski definition) is 4. The summed E-state index contributed by atoms with van der Waals surface area (Å²) in [5.41, 5.74) is 5.32. The third kappa shape index (κ3) is 25.7. The van der Waals surface area contributed by atoms with Gasteiger partial charge in [-0.1, -0.05) is 108 Å². The summed E-state index contributed by atoms with van der Waals surface area (Å²) in [5, 5.41) is 13.6. The van der Waals surface area contributed by atoms with Crippen LogP contribution in [0.2, 0.25) is 0 Å². The van der Waals surface area contributed by atoms with Crippen LogP contribution < -0.4 is 11.1 Å². The quantitative estimate of drug-likeness (QED) is 0.0431. The number of allylic oxidation sites excluding steroid dienone is 6. The minimum absolute atomic E-state index is 0.0823. The van der Waals surface area contributed by atoms with Crippen molar-refractivity contribution in [2.45, 2.75) is 135 Å². The van der Waals surface area contributed by atoms with Crippen LogP contribution in [0, 0.1) is 0 Å². The Hall–Kier alpha value is -1.28. The van der Waals surface area contributed by atoms with Crippen LogP contribution in [-0.2, 0) is 18.4 Å². The first-order valence-electron chi connectivity index (χ1n) is 15.6. The number of amides is 1. The van der Waals surface area contributed by atoms with Gasteiger partial charge in [-0.15, -0.1) is 0 Å². The summed E-state index contributed by atoms with van der Waals surface area (Å²) >= 11 is 0. The number of nitrogens with two attached hydrogens (primary N) is 1. The van der Waals surface area contributed by atoms with Crippen molar-refractivity contribution in [1.29, 1.82) is 0 Å². The number of carbonyl (C=O) groups excluding carboxylic acids is 1. The third-order valence-corrected chi connectivity index (χ3v) is 7.49. The maximum Gasteiger partial charge on any atom is 0.472 e. The van der Waals surface area contributed by atoms with E-state index in [9.17, 15) is 19.4 Å². The maximum atomic E-state index is 12.6. The second kappa shape index (κ2) is 27.9. The lowest BCUT2D eigenvalue weighted by Gasteiger charge is -2.25. The van der Waals surface area contributed by atoms with Crippen LogP contribution >= 0.6 is 7.82 Å². The van der Waals surface area contributed by atoms with Crippen LogP contribution in [-0.4, -0.2) is 47.8 Å². The van der Waals surface area contributed by atoms with Crippen molar-refractivity contribution in [1.82, 2.24) is 5.32 Å². The van der Waals surface area contributed by atoms with Gasteiger partial charge >= 0.3 is 7.82 Å². The highest BCUT2D eigenvalue weighted by Gasteiger charge is 2.27. The fraction of sp³-hybridized carbons (Fsp3) is 0.774. The summed E-state index contributed by atoms with van der Waals surface area (Å²) < 4.78 is 21.9. The number of unbranched alkanes of at least 4 members (excludes halogenated alkanes) is 10. The van der Waals surface area contributed by atoms with Crippen molar-refractivity contribution < 1.29 is 28.4 Å². The normalized spacial score (nSPS) is 15.2. The van der Waals surface area contributed by atoms with E-state index in [-0.39, 0.29) is 25.7 Å². The zero-order valence-corrected chi connectivity index (χ0v) is 26.2. The Morgan fingerprint density at radius 1 is 0.850 bits per heavy atom. The molecule has 234 valence electrons. The molecule has 0 heterocycles. The Kier molecular flexibility index (Phi) is 27.0. The maximum absolute atomic E-state index is 12.6. The van der Waals surface area contributed by atoms with E-state index in [1.54, 1.807) is 0 Å². The van der Waals surface area contributed by atoms with Gasteiger partial charge in [-0.2, -0.15) is 0 Å². The van der Waals surface area contributed by atoms with E-state index in [2.05, 4.69) is 55.6 Å². The van der Waals surface area contributed by atoms with Crippen LogP contribution in [0.25, 0.3) is 0 Å². The molecular formula is C31H59N2O6P. The predicted molar refractivity (Wildman–Crippen MR) is 166 cm³/mol. The molecule has 0 aromatic rings. The van der Waals surface area contributed by atoms with Gasteiger partial charge in [0, 0.05) is 13.0 Å². The smallest absolute Gasteiger partial charge is 0.391 e. The number of phosphoric acid groups is 1. The second-order valence-corrected chi connectivity index (χ2v) is 11.7. The average molecular weight is 587 g/mol. The molecule has 0 spiro atoms. The number of phosphoric ester groups is 1. The zero-order chi connectivity index (χ0) is 29.7. The van der Waals surface area contributed by atoms with Crippen molar-refractivity contribution in [2.24, 2.45) is 5.73 Å². The van der Waals surface area contributed by atoms with Crippen molar-refractivity contribution in [3.63, 3.8) is 0 Å². The molecule has 3 atom stereocenters. The number of aliphatic hydroxyl groups excluding tert-OH is 1. The largest absolute Gasteiger partial charge is 0.472 e. The molecule has 0 radical (unpaired) electrons. The zero-order valence-electron chi connectivity index (χ0n) is 25.3. The van der Waals surface area contributed by atoms with E-state index in [1.807, 2.05) is 0 Å². The highest BCUT2D eigenvalue weighted by Crippen LogP contribution is 2.43. The Morgan fingerprint density at radius 2 is 1.45 bits per heavy atom. The van der Waals surface area contributed by atoms with E-state index in [0.717, 1.165) is 64.2 Å². The molecule has 0 saturated heterocycles. The Labute approximate surface area is 244 Å². The van der Waals surface area contributed by atoms with Gasteiger partial charge in [0.15, 0.2) is 0 Å². The molecule has 0 aliphatic rings. The number of aliphatic hydroxyl groups is 1. The molecule has 3 unspecified atom stereocenters. The summed E-state index contributed by atoms with van der Waals surface area (Å²) in [6.07, 6.45) is 28.8. The van der Waals surface area contributed by atoms with Crippen molar-refractivity contribution in [3.8, 4) is 0 Å². The molecule has 0 fully saturated rings. The first-order valence-corrected chi connectivity index (χ1v) is 17.1. The Morgan fingerprint density at radius 3 is 2.10 bits per heavy atom. The molecule has 1 amide bonds. The van der Waals surface area contributed by atoms with Gasteiger partial charge in [-0.3, -0.25) is 13.8 Å².